The van der Waals surface area contributed by atoms with Crippen LogP contribution in [0.5, 0.6) is 0 Å². The molecule has 1 heterocycles. The molecule has 1 saturated heterocycles. The Morgan fingerprint density at radius 1 is 1.21 bits per heavy atom. The largest absolute Gasteiger partial charge is 0.317 e. The Kier molecular flexibility index (Phi) is 3.90. The second-order valence-electron chi connectivity index (χ2n) is 6.05. The van der Waals surface area contributed by atoms with Crippen molar-refractivity contribution in [1.29, 1.82) is 0 Å². The van der Waals surface area contributed by atoms with Gasteiger partial charge in [-0.15, -0.1) is 0 Å². The molecule has 3 nitrogen and oxygen atoms in total. The SMILES string of the molecule is CC(C)(C)CC(=O)N1CCN(c2ccccc2)C1=S. The number of rotatable bonds is 2. The number of anilines is 1. The van der Waals surface area contributed by atoms with Gasteiger partial charge in [-0.1, -0.05) is 39.0 Å². The van der Waals surface area contributed by atoms with Gasteiger partial charge in [0.05, 0.1) is 0 Å². The van der Waals surface area contributed by atoms with E-state index in [-0.39, 0.29) is 11.3 Å². The number of benzene rings is 1. The summed E-state index contributed by atoms with van der Waals surface area (Å²) in [5.74, 6) is 0.121. The highest BCUT2D eigenvalue weighted by Gasteiger charge is 2.32. The van der Waals surface area contributed by atoms with E-state index in [4.69, 9.17) is 12.2 Å². The van der Waals surface area contributed by atoms with E-state index in [0.29, 0.717) is 18.1 Å². The maximum Gasteiger partial charge on any atom is 0.229 e. The number of hydrogen-bond donors (Lipinski definition) is 0. The number of thiocarbonyl (C=S) groups is 1. The zero-order valence-electron chi connectivity index (χ0n) is 11.7. The van der Waals surface area contributed by atoms with Crippen LogP contribution >= 0.6 is 12.2 Å². The van der Waals surface area contributed by atoms with E-state index in [2.05, 4.69) is 20.8 Å². The lowest BCUT2D eigenvalue weighted by Crippen LogP contribution is -2.37. The van der Waals surface area contributed by atoms with Crippen LogP contribution in [0.3, 0.4) is 0 Å². The predicted octanol–water partition coefficient (Wildman–Crippen LogP) is 3.06. The fourth-order valence-electron chi connectivity index (χ4n) is 2.16. The Labute approximate surface area is 120 Å². The van der Waals surface area contributed by atoms with Crippen LogP contribution in [0.1, 0.15) is 27.2 Å². The summed E-state index contributed by atoms with van der Waals surface area (Å²) in [7, 11) is 0. The second kappa shape index (κ2) is 5.29. The average Bonchev–Trinajstić information content (AvgIpc) is 2.70. The molecule has 2 rings (SSSR count). The Bertz CT molecular complexity index is 479. The standard InChI is InChI=1S/C15H20N2OS/c1-15(2,3)11-13(18)17-10-9-16(14(17)19)12-7-5-4-6-8-12/h4-8H,9-11H2,1-3H3. The quantitative estimate of drug-likeness (QED) is 0.776. The van der Waals surface area contributed by atoms with Crippen molar-refractivity contribution in [3.05, 3.63) is 30.3 Å². The van der Waals surface area contributed by atoms with Crippen molar-refractivity contribution < 1.29 is 4.79 Å². The molecule has 4 heteroatoms. The van der Waals surface area contributed by atoms with Gasteiger partial charge in [0.25, 0.3) is 0 Å². The van der Waals surface area contributed by atoms with E-state index >= 15 is 0 Å². The fraction of sp³-hybridized carbons (Fsp3) is 0.467. The van der Waals surface area contributed by atoms with Crippen LogP contribution in [-0.4, -0.2) is 29.0 Å². The maximum atomic E-state index is 12.3. The summed E-state index contributed by atoms with van der Waals surface area (Å²) in [5, 5.41) is 0.625. The molecule has 0 atom stereocenters. The molecule has 1 aromatic carbocycles. The molecule has 1 aliphatic heterocycles. The minimum Gasteiger partial charge on any atom is -0.317 e. The lowest BCUT2D eigenvalue weighted by atomic mass is 9.92. The number of hydrogen-bond acceptors (Lipinski definition) is 2. The first-order valence-corrected chi connectivity index (χ1v) is 6.96. The highest BCUT2D eigenvalue weighted by molar-refractivity contribution is 7.80. The van der Waals surface area contributed by atoms with Crippen LogP contribution in [-0.2, 0) is 4.79 Å². The molecular weight excluding hydrogens is 256 g/mol. The van der Waals surface area contributed by atoms with E-state index in [1.54, 1.807) is 4.90 Å². The molecule has 0 radical (unpaired) electrons. The Hall–Kier alpha value is -1.42. The number of carbonyl (C=O) groups excluding carboxylic acids is 1. The zero-order valence-corrected chi connectivity index (χ0v) is 12.5. The van der Waals surface area contributed by atoms with Crippen molar-refractivity contribution in [3.8, 4) is 0 Å². The van der Waals surface area contributed by atoms with E-state index in [1.165, 1.54) is 0 Å². The molecule has 19 heavy (non-hydrogen) atoms. The maximum absolute atomic E-state index is 12.3. The molecular formula is C15H20N2OS. The van der Waals surface area contributed by atoms with Crippen LogP contribution in [0.15, 0.2) is 30.3 Å². The van der Waals surface area contributed by atoms with Crippen LogP contribution < -0.4 is 4.90 Å². The second-order valence-corrected chi connectivity index (χ2v) is 6.42. The van der Waals surface area contributed by atoms with Gasteiger partial charge >= 0.3 is 0 Å². The van der Waals surface area contributed by atoms with Crippen LogP contribution in [0.4, 0.5) is 5.69 Å². The molecule has 0 N–H and O–H groups in total. The molecule has 0 spiro atoms. The van der Waals surface area contributed by atoms with Crippen molar-refractivity contribution in [2.24, 2.45) is 5.41 Å². The van der Waals surface area contributed by atoms with Crippen molar-refractivity contribution in [1.82, 2.24) is 4.90 Å². The van der Waals surface area contributed by atoms with Gasteiger partial charge in [0.2, 0.25) is 5.91 Å². The molecule has 0 unspecified atom stereocenters. The first kappa shape index (κ1) is 14.0. The molecule has 0 aromatic heterocycles. The lowest BCUT2D eigenvalue weighted by molar-refractivity contribution is -0.128. The monoisotopic (exact) mass is 276 g/mol. The van der Waals surface area contributed by atoms with E-state index in [9.17, 15) is 4.79 Å². The third-order valence-electron chi connectivity index (χ3n) is 3.06. The number of amides is 1. The third kappa shape index (κ3) is 3.32. The highest BCUT2D eigenvalue weighted by atomic mass is 32.1. The molecule has 1 aromatic rings. The normalized spacial score (nSPS) is 16.1. The molecule has 102 valence electrons. The van der Waals surface area contributed by atoms with Gasteiger partial charge in [0, 0.05) is 25.2 Å². The van der Waals surface area contributed by atoms with E-state index in [0.717, 1.165) is 12.2 Å². The molecule has 1 aliphatic rings. The molecule has 1 fully saturated rings. The number of carbonyl (C=O) groups is 1. The van der Waals surface area contributed by atoms with Crippen molar-refractivity contribution in [2.75, 3.05) is 18.0 Å². The van der Waals surface area contributed by atoms with E-state index in [1.807, 2.05) is 35.2 Å². The van der Waals surface area contributed by atoms with Gasteiger partial charge in [0.15, 0.2) is 5.11 Å². The summed E-state index contributed by atoms with van der Waals surface area (Å²) in [6, 6.07) is 9.98. The molecule has 0 aliphatic carbocycles. The average molecular weight is 276 g/mol. The van der Waals surface area contributed by atoms with Crippen LogP contribution in [0.2, 0.25) is 0 Å². The number of nitrogens with zero attached hydrogens (tertiary/aromatic N) is 2. The topological polar surface area (TPSA) is 23.6 Å². The van der Waals surface area contributed by atoms with Crippen LogP contribution in [0, 0.1) is 5.41 Å². The Morgan fingerprint density at radius 2 is 1.84 bits per heavy atom. The Balaban J connectivity index is 2.08. The minimum absolute atomic E-state index is 0.00708. The summed E-state index contributed by atoms with van der Waals surface area (Å²) in [6.07, 6.45) is 0.524. The van der Waals surface area contributed by atoms with Crippen molar-refractivity contribution in [3.63, 3.8) is 0 Å². The third-order valence-corrected chi connectivity index (χ3v) is 3.50. The van der Waals surface area contributed by atoms with Crippen molar-refractivity contribution in [2.45, 2.75) is 27.2 Å². The Morgan fingerprint density at radius 3 is 2.42 bits per heavy atom. The minimum atomic E-state index is -0.00708. The summed E-state index contributed by atoms with van der Waals surface area (Å²) >= 11 is 5.44. The van der Waals surface area contributed by atoms with Gasteiger partial charge in [-0.05, 0) is 29.8 Å². The van der Waals surface area contributed by atoms with Gasteiger partial charge in [-0.25, -0.2) is 0 Å². The summed E-state index contributed by atoms with van der Waals surface area (Å²) in [5.41, 5.74) is 1.05. The smallest absolute Gasteiger partial charge is 0.229 e. The summed E-state index contributed by atoms with van der Waals surface area (Å²) in [6.45, 7) is 7.67. The zero-order chi connectivity index (χ0) is 14.0. The fourth-order valence-corrected chi connectivity index (χ4v) is 2.55. The number of para-hydroxylation sites is 1. The summed E-state index contributed by atoms with van der Waals surface area (Å²) < 4.78 is 0. The van der Waals surface area contributed by atoms with Gasteiger partial charge < -0.3 is 4.90 Å². The lowest BCUT2D eigenvalue weighted by Gasteiger charge is -2.24. The van der Waals surface area contributed by atoms with Gasteiger partial charge in [0.1, 0.15) is 0 Å². The van der Waals surface area contributed by atoms with Crippen molar-refractivity contribution >= 4 is 28.9 Å². The molecule has 1 amide bonds. The first-order chi connectivity index (χ1) is 8.88. The predicted molar refractivity (Wildman–Crippen MR) is 82.2 cm³/mol. The summed E-state index contributed by atoms with van der Waals surface area (Å²) in [4.78, 5) is 16.0. The van der Waals surface area contributed by atoms with Crippen LogP contribution in [0.25, 0.3) is 0 Å². The van der Waals surface area contributed by atoms with Gasteiger partial charge in [-0.2, -0.15) is 0 Å². The van der Waals surface area contributed by atoms with Gasteiger partial charge in [-0.3, -0.25) is 9.69 Å². The highest BCUT2D eigenvalue weighted by Crippen LogP contribution is 2.24. The first-order valence-electron chi connectivity index (χ1n) is 6.55. The molecule has 0 bridgehead atoms. The van der Waals surface area contributed by atoms with E-state index < -0.39 is 0 Å². The molecule has 0 saturated carbocycles.